The molecule has 0 spiro atoms. The Hall–Kier alpha value is -1.05. The average Bonchev–Trinajstić information content (AvgIpc) is 2.28. The third-order valence-corrected chi connectivity index (χ3v) is 3.70. The van der Waals surface area contributed by atoms with Crippen LogP contribution in [0, 0.1) is 10.1 Å². The third kappa shape index (κ3) is 6.09. The molecule has 0 heterocycles. The second-order valence-corrected chi connectivity index (χ2v) is 6.97. The van der Waals surface area contributed by atoms with Crippen LogP contribution in [0.2, 0.25) is 5.02 Å². The van der Waals surface area contributed by atoms with Crippen LogP contribution in [-0.4, -0.2) is 25.7 Å². The summed E-state index contributed by atoms with van der Waals surface area (Å²) in [5.41, 5.74) is -0.120. The number of nitro groups is 1. The lowest BCUT2D eigenvalue weighted by atomic mass is 10.3. The number of benzene rings is 1. The minimum absolute atomic E-state index is 0.119. The predicted octanol–water partition coefficient (Wildman–Crippen LogP) is 2.98. The zero-order chi connectivity index (χ0) is 14.5. The Morgan fingerprint density at radius 3 is 2.53 bits per heavy atom. The molecular weight excluding hydrogens is 317 g/mol. The molecule has 0 unspecified atom stereocenters. The van der Waals surface area contributed by atoms with Crippen molar-refractivity contribution in [1.29, 1.82) is 0 Å². The lowest BCUT2D eigenvalue weighted by Crippen LogP contribution is -2.02. The van der Waals surface area contributed by atoms with Crippen LogP contribution in [0.3, 0.4) is 0 Å². The fraction of sp³-hybridized carbons (Fsp3) is 0.400. The molecule has 0 aliphatic heterocycles. The lowest BCUT2D eigenvalue weighted by molar-refractivity contribution is -0.384. The number of rotatable bonds is 7. The van der Waals surface area contributed by atoms with Crippen molar-refractivity contribution in [3.05, 3.63) is 33.3 Å². The summed E-state index contributed by atoms with van der Waals surface area (Å²) >= 11 is 5.81. The van der Waals surface area contributed by atoms with Crippen LogP contribution in [0.1, 0.15) is 12.8 Å². The minimum Gasteiger partial charge on any atom is -0.492 e. The molecule has 1 aromatic carbocycles. The van der Waals surface area contributed by atoms with Gasteiger partial charge in [0.15, 0.2) is 0 Å². The molecule has 19 heavy (non-hydrogen) atoms. The van der Waals surface area contributed by atoms with Gasteiger partial charge >= 0.3 is 0 Å². The van der Waals surface area contributed by atoms with Crippen LogP contribution in [0.4, 0.5) is 5.69 Å². The van der Waals surface area contributed by atoms with E-state index in [1.165, 1.54) is 18.2 Å². The van der Waals surface area contributed by atoms with Gasteiger partial charge in [-0.3, -0.25) is 10.1 Å². The largest absolute Gasteiger partial charge is 0.492 e. The Kier molecular flexibility index (Phi) is 5.84. The summed E-state index contributed by atoms with van der Waals surface area (Å²) in [6, 6.07) is 3.88. The molecule has 0 atom stereocenters. The first-order chi connectivity index (χ1) is 8.79. The zero-order valence-corrected chi connectivity index (χ0v) is 12.0. The number of nitrogens with zero attached hydrogens (tertiary/aromatic N) is 1. The van der Waals surface area contributed by atoms with Crippen molar-refractivity contribution in [2.24, 2.45) is 0 Å². The summed E-state index contributed by atoms with van der Waals surface area (Å²) in [7, 11) is 1.57. The average molecular weight is 328 g/mol. The van der Waals surface area contributed by atoms with Gasteiger partial charge in [0.1, 0.15) is 5.75 Å². The first-order valence-electron chi connectivity index (χ1n) is 5.28. The van der Waals surface area contributed by atoms with E-state index >= 15 is 0 Å². The number of nitro benzene ring substituents is 1. The van der Waals surface area contributed by atoms with Crippen molar-refractivity contribution < 1.29 is 18.1 Å². The van der Waals surface area contributed by atoms with Gasteiger partial charge in [0.25, 0.3) is 5.69 Å². The lowest BCUT2D eigenvalue weighted by Gasteiger charge is -2.07. The highest BCUT2D eigenvalue weighted by Gasteiger charge is 2.10. The van der Waals surface area contributed by atoms with Gasteiger partial charge in [-0.15, -0.1) is 0 Å². The number of unbranched alkanes of at least 4 members (excludes halogenated alkanes) is 1. The highest BCUT2D eigenvalue weighted by atomic mass is 35.7. The molecule has 1 aromatic rings. The number of halogens is 2. The second kappa shape index (κ2) is 6.93. The number of hydrogen-bond acceptors (Lipinski definition) is 5. The van der Waals surface area contributed by atoms with Crippen LogP contribution in [-0.2, 0) is 9.05 Å². The van der Waals surface area contributed by atoms with E-state index in [-0.39, 0.29) is 23.1 Å². The first-order valence-corrected chi connectivity index (χ1v) is 8.14. The molecule has 106 valence electrons. The van der Waals surface area contributed by atoms with Gasteiger partial charge in [0.05, 0.1) is 22.3 Å². The molecule has 0 N–H and O–H groups in total. The summed E-state index contributed by atoms with van der Waals surface area (Å²) in [6.07, 6.45) is 0.857. The van der Waals surface area contributed by atoms with Gasteiger partial charge in [-0.05, 0) is 18.9 Å². The van der Waals surface area contributed by atoms with Gasteiger partial charge in [-0.1, -0.05) is 11.6 Å². The highest BCUT2D eigenvalue weighted by molar-refractivity contribution is 8.13. The highest BCUT2D eigenvalue weighted by Crippen LogP contribution is 2.28. The normalized spacial score (nSPS) is 11.3. The minimum atomic E-state index is -3.48. The monoisotopic (exact) mass is 327 g/mol. The van der Waals surface area contributed by atoms with Gasteiger partial charge in [0, 0.05) is 22.8 Å². The van der Waals surface area contributed by atoms with Gasteiger partial charge < -0.3 is 4.74 Å². The fourth-order valence-corrected chi connectivity index (χ4v) is 2.38. The summed E-state index contributed by atoms with van der Waals surface area (Å²) in [5.74, 6) is 0.201. The summed E-state index contributed by atoms with van der Waals surface area (Å²) in [6.45, 7) is 0.254. The fourth-order valence-electron chi connectivity index (χ4n) is 1.28. The van der Waals surface area contributed by atoms with Crippen molar-refractivity contribution in [1.82, 2.24) is 0 Å². The molecule has 0 saturated heterocycles. The molecule has 0 radical (unpaired) electrons. The predicted molar refractivity (Wildman–Crippen MR) is 72.5 cm³/mol. The van der Waals surface area contributed by atoms with E-state index in [2.05, 4.69) is 0 Å². The molecule has 0 aliphatic rings. The maximum absolute atomic E-state index is 10.7. The Balaban J connectivity index is 2.44. The van der Waals surface area contributed by atoms with Crippen LogP contribution in [0.15, 0.2) is 18.2 Å². The molecular formula is C10H11Cl2NO5S. The molecule has 0 aliphatic carbocycles. The van der Waals surface area contributed by atoms with E-state index in [0.717, 1.165) is 0 Å². The zero-order valence-electron chi connectivity index (χ0n) is 9.71. The molecule has 0 bridgehead atoms. The SMILES string of the molecule is O=[N+]([O-])c1ccc(OCCCCS(=O)(=O)Cl)c(Cl)c1. The van der Waals surface area contributed by atoms with Gasteiger partial charge in [-0.25, -0.2) is 8.42 Å². The molecule has 0 amide bonds. The molecule has 0 saturated carbocycles. The van der Waals surface area contributed by atoms with Crippen LogP contribution >= 0.6 is 22.3 Å². The van der Waals surface area contributed by atoms with E-state index in [1.54, 1.807) is 0 Å². The van der Waals surface area contributed by atoms with E-state index < -0.39 is 14.0 Å². The number of ether oxygens (including phenoxy) is 1. The maximum atomic E-state index is 10.7. The number of hydrogen-bond donors (Lipinski definition) is 0. The first kappa shape index (κ1) is 16.0. The standard InChI is InChI=1S/C10H11Cl2NO5S/c11-9-7-8(13(14)15)3-4-10(9)18-5-1-2-6-19(12,16)17/h3-4,7H,1-2,5-6H2. The Morgan fingerprint density at radius 1 is 1.32 bits per heavy atom. The van der Waals surface area contributed by atoms with Gasteiger partial charge in [-0.2, -0.15) is 0 Å². The van der Waals surface area contributed by atoms with Crippen LogP contribution < -0.4 is 4.74 Å². The van der Waals surface area contributed by atoms with Crippen molar-refractivity contribution in [3.63, 3.8) is 0 Å². The Labute approximate surface area is 119 Å². The van der Waals surface area contributed by atoms with Crippen LogP contribution in [0.25, 0.3) is 0 Å². The van der Waals surface area contributed by atoms with Crippen molar-refractivity contribution in [3.8, 4) is 5.75 Å². The molecule has 6 nitrogen and oxygen atoms in total. The van der Waals surface area contributed by atoms with Crippen molar-refractivity contribution in [2.45, 2.75) is 12.8 Å². The molecule has 0 fully saturated rings. The van der Waals surface area contributed by atoms with Crippen molar-refractivity contribution >= 4 is 37.0 Å². The van der Waals surface area contributed by atoms with E-state index in [9.17, 15) is 18.5 Å². The van der Waals surface area contributed by atoms with Crippen LogP contribution in [0.5, 0.6) is 5.75 Å². The van der Waals surface area contributed by atoms with Gasteiger partial charge in [0.2, 0.25) is 9.05 Å². The molecule has 9 heteroatoms. The summed E-state index contributed by atoms with van der Waals surface area (Å²) in [4.78, 5) is 9.94. The van der Waals surface area contributed by atoms with E-state index in [4.69, 9.17) is 27.0 Å². The molecule has 1 rings (SSSR count). The molecule has 0 aromatic heterocycles. The summed E-state index contributed by atoms with van der Waals surface area (Å²) < 4.78 is 26.6. The third-order valence-electron chi connectivity index (χ3n) is 2.17. The van der Waals surface area contributed by atoms with E-state index in [0.29, 0.717) is 18.6 Å². The smallest absolute Gasteiger partial charge is 0.271 e. The topological polar surface area (TPSA) is 86.5 Å². The summed E-state index contributed by atoms with van der Waals surface area (Å²) in [5, 5.41) is 10.6. The number of non-ortho nitro benzene ring substituents is 1. The Morgan fingerprint density at radius 2 is 2.00 bits per heavy atom. The maximum Gasteiger partial charge on any atom is 0.271 e. The van der Waals surface area contributed by atoms with Crippen molar-refractivity contribution in [2.75, 3.05) is 12.4 Å². The Bertz CT molecular complexity index is 561. The quantitative estimate of drug-likeness (QED) is 0.332. The van der Waals surface area contributed by atoms with E-state index in [1.807, 2.05) is 0 Å². The second-order valence-electron chi connectivity index (χ2n) is 3.67.